The fourth-order valence-electron chi connectivity index (χ4n) is 2.59. The van der Waals surface area contributed by atoms with E-state index in [9.17, 15) is 13.2 Å². The highest BCUT2D eigenvalue weighted by Gasteiger charge is 2.21. The van der Waals surface area contributed by atoms with Crippen LogP contribution in [0.25, 0.3) is 0 Å². The molecule has 28 heavy (non-hydrogen) atoms. The Morgan fingerprint density at radius 1 is 1.11 bits per heavy atom. The van der Waals surface area contributed by atoms with Gasteiger partial charge in [-0.05, 0) is 54.2 Å². The summed E-state index contributed by atoms with van der Waals surface area (Å²) in [5.74, 6) is -0.0724. The maximum Gasteiger partial charge on any atom is 0.260 e. The summed E-state index contributed by atoms with van der Waals surface area (Å²) in [5, 5.41) is 3.93. The van der Waals surface area contributed by atoms with Crippen molar-refractivity contribution in [2.24, 2.45) is 5.10 Å². The molecule has 6 nitrogen and oxygen atoms in total. The molecule has 0 spiro atoms. The Bertz CT molecular complexity index is 965. The molecule has 0 bridgehead atoms. The Labute approximate surface area is 167 Å². The quantitative estimate of drug-likeness (QED) is 0.571. The van der Waals surface area contributed by atoms with Crippen LogP contribution in [-0.2, 0) is 14.8 Å². The Balaban J connectivity index is 2.06. The minimum atomic E-state index is -3.61. The van der Waals surface area contributed by atoms with Crippen molar-refractivity contribution in [1.82, 2.24) is 5.43 Å². The molecule has 0 heterocycles. The number of nitrogens with one attached hydrogen (secondary N) is 1. The van der Waals surface area contributed by atoms with Crippen LogP contribution in [0.2, 0.25) is 0 Å². The number of carbonyl (C=O) groups is 1. The molecule has 0 fully saturated rings. The van der Waals surface area contributed by atoms with Crippen LogP contribution in [-0.4, -0.2) is 33.3 Å². The van der Waals surface area contributed by atoms with Crippen LogP contribution < -0.4 is 9.73 Å². The van der Waals surface area contributed by atoms with Crippen LogP contribution in [0.1, 0.15) is 42.0 Å². The van der Waals surface area contributed by atoms with Crippen molar-refractivity contribution in [2.45, 2.75) is 33.6 Å². The van der Waals surface area contributed by atoms with Gasteiger partial charge in [0.05, 0.1) is 18.2 Å². The summed E-state index contributed by atoms with van der Waals surface area (Å²) >= 11 is 0. The van der Waals surface area contributed by atoms with Crippen molar-refractivity contribution in [3.63, 3.8) is 0 Å². The highest BCUT2D eigenvalue weighted by atomic mass is 32.2. The second-order valence-electron chi connectivity index (χ2n) is 7.15. The predicted molar refractivity (Wildman–Crippen MR) is 114 cm³/mol. The van der Waals surface area contributed by atoms with Crippen LogP contribution in [0, 0.1) is 13.8 Å². The highest BCUT2D eigenvalue weighted by Crippen LogP contribution is 2.21. The number of carbonyl (C=O) groups excluding carboxylic acids is 1. The smallest absolute Gasteiger partial charge is 0.260 e. The summed E-state index contributed by atoms with van der Waals surface area (Å²) in [6.07, 6.45) is 2.61. The number of rotatable bonds is 7. The lowest BCUT2D eigenvalue weighted by atomic mass is 10.0. The van der Waals surface area contributed by atoms with Gasteiger partial charge in [-0.1, -0.05) is 44.2 Å². The molecule has 0 saturated carbocycles. The third-order valence-electron chi connectivity index (χ3n) is 4.47. The zero-order valence-electron chi connectivity index (χ0n) is 16.9. The molecular weight excluding hydrogens is 374 g/mol. The number of nitrogens with zero attached hydrogens (tertiary/aromatic N) is 2. The fraction of sp³-hybridized carbons (Fsp3) is 0.333. The van der Waals surface area contributed by atoms with Crippen molar-refractivity contribution in [2.75, 3.05) is 17.1 Å². The molecule has 0 saturated heterocycles. The number of benzene rings is 2. The van der Waals surface area contributed by atoms with Crippen LogP contribution in [0.15, 0.2) is 47.6 Å². The van der Waals surface area contributed by atoms with E-state index in [0.717, 1.165) is 27.3 Å². The highest BCUT2D eigenvalue weighted by molar-refractivity contribution is 7.92. The molecular formula is C21H27N3O3S. The second kappa shape index (κ2) is 9.01. The van der Waals surface area contributed by atoms with E-state index < -0.39 is 15.9 Å². The zero-order chi connectivity index (χ0) is 20.9. The molecule has 7 heteroatoms. The average molecular weight is 402 g/mol. The molecule has 2 aromatic carbocycles. The predicted octanol–water partition coefficient (Wildman–Crippen LogP) is 3.34. The molecule has 0 aliphatic heterocycles. The van der Waals surface area contributed by atoms with Gasteiger partial charge in [0.2, 0.25) is 10.0 Å². The van der Waals surface area contributed by atoms with E-state index in [0.29, 0.717) is 11.6 Å². The number of hydrazone groups is 1. The molecule has 0 radical (unpaired) electrons. The molecule has 150 valence electrons. The van der Waals surface area contributed by atoms with E-state index in [-0.39, 0.29) is 6.54 Å². The maximum absolute atomic E-state index is 12.2. The molecule has 2 aromatic rings. The summed E-state index contributed by atoms with van der Waals surface area (Å²) in [6, 6.07) is 13.1. The van der Waals surface area contributed by atoms with Crippen molar-refractivity contribution in [3.8, 4) is 0 Å². The molecule has 0 atom stereocenters. The lowest BCUT2D eigenvalue weighted by Gasteiger charge is -2.22. The van der Waals surface area contributed by atoms with Gasteiger partial charge in [0.1, 0.15) is 6.54 Å². The lowest BCUT2D eigenvalue weighted by Crippen LogP contribution is -2.39. The first-order valence-electron chi connectivity index (χ1n) is 9.04. The number of aryl methyl sites for hydroxylation is 2. The number of anilines is 1. The molecule has 0 unspecified atom stereocenters. The molecule has 1 amide bonds. The van der Waals surface area contributed by atoms with E-state index in [1.165, 1.54) is 11.8 Å². The van der Waals surface area contributed by atoms with Crippen molar-refractivity contribution < 1.29 is 13.2 Å². The number of hydrogen-bond acceptors (Lipinski definition) is 4. The van der Waals surface area contributed by atoms with Gasteiger partial charge in [0.25, 0.3) is 5.91 Å². The Morgan fingerprint density at radius 3 is 2.29 bits per heavy atom. The van der Waals surface area contributed by atoms with Crippen LogP contribution in [0.5, 0.6) is 0 Å². The SMILES string of the molecule is Cc1ccc(N(CC(=O)N/N=C\c2ccc(C(C)C)cc2)S(C)(=O)=O)cc1C. The normalized spacial score (nSPS) is 11.8. The van der Waals surface area contributed by atoms with E-state index in [1.807, 2.05) is 44.2 Å². The van der Waals surface area contributed by atoms with E-state index in [2.05, 4.69) is 24.4 Å². The molecule has 1 N–H and O–H groups in total. The molecule has 0 aliphatic carbocycles. The van der Waals surface area contributed by atoms with E-state index >= 15 is 0 Å². The Hall–Kier alpha value is -2.67. The molecule has 0 aliphatic rings. The summed E-state index contributed by atoms with van der Waals surface area (Å²) in [4.78, 5) is 12.2. The third-order valence-corrected chi connectivity index (χ3v) is 5.61. The van der Waals surface area contributed by atoms with Crippen LogP contribution >= 0.6 is 0 Å². The Kier molecular flexibility index (Phi) is 6.96. The largest absolute Gasteiger partial charge is 0.271 e. The van der Waals surface area contributed by atoms with Crippen molar-refractivity contribution >= 4 is 27.8 Å². The molecule has 0 aromatic heterocycles. The lowest BCUT2D eigenvalue weighted by molar-refractivity contribution is -0.119. The van der Waals surface area contributed by atoms with Gasteiger partial charge in [0, 0.05) is 0 Å². The van der Waals surface area contributed by atoms with Gasteiger partial charge >= 0.3 is 0 Å². The van der Waals surface area contributed by atoms with Gasteiger partial charge in [0.15, 0.2) is 0 Å². The van der Waals surface area contributed by atoms with Crippen molar-refractivity contribution in [1.29, 1.82) is 0 Å². The summed E-state index contributed by atoms with van der Waals surface area (Å²) in [5.41, 5.74) is 6.91. The number of hydrogen-bond donors (Lipinski definition) is 1. The first-order chi connectivity index (χ1) is 13.1. The standard InChI is InChI=1S/C21H27N3O3S/c1-15(2)19-9-7-18(8-10-19)13-22-23-21(25)14-24(28(5,26)27)20-11-6-16(3)17(4)12-20/h6-13,15H,14H2,1-5H3,(H,23,25)/b22-13-. The summed E-state index contributed by atoms with van der Waals surface area (Å²) in [6.45, 7) is 7.73. The average Bonchev–Trinajstić information content (AvgIpc) is 2.61. The topological polar surface area (TPSA) is 78.8 Å². The van der Waals surface area contributed by atoms with Gasteiger partial charge in [-0.3, -0.25) is 9.10 Å². The summed E-state index contributed by atoms with van der Waals surface area (Å²) in [7, 11) is -3.61. The number of sulfonamides is 1. The van der Waals surface area contributed by atoms with Crippen LogP contribution in [0.4, 0.5) is 5.69 Å². The van der Waals surface area contributed by atoms with Crippen molar-refractivity contribution in [3.05, 3.63) is 64.7 Å². The summed E-state index contributed by atoms with van der Waals surface area (Å²) < 4.78 is 25.4. The van der Waals surface area contributed by atoms with Gasteiger partial charge in [-0.2, -0.15) is 5.10 Å². The minimum Gasteiger partial charge on any atom is -0.271 e. The second-order valence-corrected chi connectivity index (χ2v) is 9.06. The van der Waals surface area contributed by atoms with E-state index in [1.54, 1.807) is 12.1 Å². The number of amides is 1. The molecule has 2 rings (SSSR count). The minimum absolute atomic E-state index is 0.342. The Morgan fingerprint density at radius 2 is 1.75 bits per heavy atom. The maximum atomic E-state index is 12.2. The third kappa shape index (κ3) is 5.92. The van der Waals surface area contributed by atoms with Gasteiger partial charge in [-0.25, -0.2) is 13.8 Å². The first-order valence-corrected chi connectivity index (χ1v) is 10.9. The fourth-order valence-corrected chi connectivity index (χ4v) is 3.44. The first kappa shape index (κ1) is 21.6. The van der Waals surface area contributed by atoms with Gasteiger partial charge < -0.3 is 0 Å². The van der Waals surface area contributed by atoms with E-state index in [4.69, 9.17) is 0 Å². The monoisotopic (exact) mass is 401 g/mol. The zero-order valence-corrected chi connectivity index (χ0v) is 17.7. The van der Waals surface area contributed by atoms with Crippen LogP contribution in [0.3, 0.4) is 0 Å². The van der Waals surface area contributed by atoms with Gasteiger partial charge in [-0.15, -0.1) is 0 Å².